The molecule has 0 aliphatic rings. The smallest absolute Gasteiger partial charge is 0.125 e. The van der Waals surface area contributed by atoms with E-state index in [1.54, 1.807) is 0 Å². The topological polar surface area (TPSA) is 44.5 Å². The minimum absolute atomic E-state index is 0.185. The molecule has 0 radical (unpaired) electrons. The van der Waals surface area contributed by atoms with Crippen molar-refractivity contribution in [2.45, 2.75) is 53.5 Å². The van der Waals surface area contributed by atoms with E-state index < -0.39 is 0 Å². The first kappa shape index (κ1) is 18.0. The molecule has 1 unspecified atom stereocenters. The van der Waals surface area contributed by atoms with Crippen molar-refractivity contribution in [3.8, 4) is 5.75 Å². The molecule has 0 fully saturated rings. The van der Waals surface area contributed by atoms with Crippen molar-refractivity contribution in [2.24, 2.45) is 11.7 Å². The van der Waals surface area contributed by atoms with Crippen molar-refractivity contribution in [1.82, 2.24) is 0 Å². The summed E-state index contributed by atoms with van der Waals surface area (Å²) in [5, 5.41) is 0. The Morgan fingerprint density at radius 1 is 1.00 bits per heavy atom. The van der Waals surface area contributed by atoms with E-state index >= 15 is 0 Å². The summed E-state index contributed by atoms with van der Waals surface area (Å²) in [5.41, 5.74) is 9.49. The molecular formula is C18H31NO2. The first-order valence-corrected chi connectivity index (χ1v) is 7.96. The Bertz CT molecular complexity index is 404. The lowest BCUT2D eigenvalue weighted by Gasteiger charge is -2.15. The number of benzene rings is 1. The van der Waals surface area contributed by atoms with Crippen LogP contribution in [0.4, 0.5) is 0 Å². The standard InChI is InChI=1S/C18H31NO2/c1-13(2)6-7-20-8-9-21-18-14(3)10-17(11-15(18)4)12-16(5)19/h10-11,13,16H,6-9,12,19H2,1-5H3. The zero-order valence-electron chi connectivity index (χ0n) is 14.2. The second-order valence-corrected chi connectivity index (χ2v) is 6.38. The molecular weight excluding hydrogens is 262 g/mol. The second kappa shape index (κ2) is 9.06. The average molecular weight is 293 g/mol. The molecule has 0 heterocycles. The molecule has 3 heteroatoms. The Kier molecular flexibility index (Phi) is 7.76. The summed E-state index contributed by atoms with van der Waals surface area (Å²) in [6, 6.07) is 4.53. The van der Waals surface area contributed by atoms with Gasteiger partial charge in [-0.1, -0.05) is 26.0 Å². The van der Waals surface area contributed by atoms with Crippen molar-refractivity contribution >= 4 is 0 Å². The number of hydrogen-bond donors (Lipinski definition) is 1. The van der Waals surface area contributed by atoms with Crippen LogP contribution in [0.2, 0.25) is 0 Å². The Labute approximate surface area is 129 Å². The maximum absolute atomic E-state index is 5.88. The van der Waals surface area contributed by atoms with Crippen molar-refractivity contribution in [2.75, 3.05) is 19.8 Å². The fourth-order valence-corrected chi connectivity index (χ4v) is 2.38. The van der Waals surface area contributed by atoms with Crippen LogP contribution in [0, 0.1) is 19.8 Å². The fourth-order valence-electron chi connectivity index (χ4n) is 2.38. The highest BCUT2D eigenvalue weighted by atomic mass is 16.5. The van der Waals surface area contributed by atoms with Gasteiger partial charge in [0.1, 0.15) is 12.4 Å². The maximum Gasteiger partial charge on any atom is 0.125 e. The minimum Gasteiger partial charge on any atom is -0.491 e. The largest absolute Gasteiger partial charge is 0.491 e. The SMILES string of the molecule is Cc1cc(CC(C)N)cc(C)c1OCCOCCC(C)C. The van der Waals surface area contributed by atoms with E-state index in [2.05, 4.69) is 39.8 Å². The third-order valence-corrected chi connectivity index (χ3v) is 3.39. The van der Waals surface area contributed by atoms with Gasteiger partial charge in [-0.05, 0) is 56.2 Å². The normalized spacial score (nSPS) is 12.7. The van der Waals surface area contributed by atoms with E-state index in [1.165, 1.54) is 16.7 Å². The molecule has 1 aromatic carbocycles. The van der Waals surface area contributed by atoms with E-state index in [9.17, 15) is 0 Å². The summed E-state index contributed by atoms with van der Waals surface area (Å²) in [5.74, 6) is 1.67. The van der Waals surface area contributed by atoms with Gasteiger partial charge in [-0.25, -0.2) is 0 Å². The van der Waals surface area contributed by atoms with Crippen molar-refractivity contribution < 1.29 is 9.47 Å². The first-order valence-electron chi connectivity index (χ1n) is 7.96. The lowest BCUT2D eigenvalue weighted by molar-refractivity contribution is 0.0921. The van der Waals surface area contributed by atoms with Crippen LogP contribution in [0.1, 0.15) is 43.9 Å². The molecule has 21 heavy (non-hydrogen) atoms. The molecule has 0 bridgehead atoms. The van der Waals surface area contributed by atoms with Gasteiger partial charge in [0.2, 0.25) is 0 Å². The van der Waals surface area contributed by atoms with Crippen LogP contribution in [0.3, 0.4) is 0 Å². The van der Waals surface area contributed by atoms with Crippen LogP contribution in [-0.4, -0.2) is 25.9 Å². The summed E-state index contributed by atoms with van der Waals surface area (Å²) in [6.07, 6.45) is 2.00. The molecule has 1 atom stereocenters. The van der Waals surface area contributed by atoms with Crippen LogP contribution in [0.15, 0.2) is 12.1 Å². The Morgan fingerprint density at radius 2 is 1.62 bits per heavy atom. The molecule has 3 nitrogen and oxygen atoms in total. The van der Waals surface area contributed by atoms with Gasteiger partial charge in [-0.15, -0.1) is 0 Å². The first-order chi connectivity index (χ1) is 9.90. The molecule has 120 valence electrons. The Morgan fingerprint density at radius 3 is 2.14 bits per heavy atom. The number of rotatable bonds is 9. The van der Waals surface area contributed by atoms with Crippen LogP contribution in [-0.2, 0) is 11.2 Å². The van der Waals surface area contributed by atoms with Gasteiger partial charge in [0.25, 0.3) is 0 Å². The highest BCUT2D eigenvalue weighted by Crippen LogP contribution is 2.25. The van der Waals surface area contributed by atoms with E-state index in [4.69, 9.17) is 15.2 Å². The minimum atomic E-state index is 0.185. The molecule has 1 aromatic rings. The molecule has 1 rings (SSSR count). The number of ether oxygens (including phenoxy) is 2. The monoisotopic (exact) mass is 293 g/mol. The quantitative estimate of drug-likeness (QED) is 0.707. The van der Waals surface area contributed by atoms with Crippen LogP contribution < -0.4 is 10.5 Å². The predicted octanol–water partition coefficient (Wildman–Crippen LogP) is 3.63. The molecule has 0 spiro atoms. The zero-order chi connectivity index (χ0) is 15.8. The summed E-state index contributed by atoms with van der Waals surface area (Å²) in [7, 11) is 0. The van der Waals surface area contributed by atoms with Crippen molar-refractivity contribution in [3.63, 3.8) is 0 Å². The lowest BCUT2D eigenvalue weighted by atomic mass is 10.0. The summed E-state index contributed by atoms with van der Waals surface area (Å²) in [6.45, 7) is 12.7. The third-order valence-electron chi connectivity index (χ3n) is 3.39. The van der Waals surface area contributed by atoms with Gasteiger partial charge >= 0.3 is 0 Å². The van der Waals surface area contributed by atoms with E-state index in [0.29, 0.717) is 19.1 Å². The summed E-state index contributed by atoms with van der Waals surface area (Å²) >= 11 is 0. The Hall–Kier alpha value is -1.06. The van der Waals surface area contributed by atoms with Gasteiger partial charge in [-0.2, -0.15) is 0 Å². The second-order valence-electron chi connectivity index (χ2n) is 6.38. The molecule has 0 saturated heterocycles. The van der Waals surface area contributed by atoms with E-state index in [-0.39, 0.29) is 6.04 Å². The number of aryl methyl sites for hydroxylation is 2. The zero-order valence-corrected chi connectivity index (χ0v) is 14.2. The lowest BCUT2D eigenvalue weighted by Crippen LogP contribution is -2.18. The fraction of sp³-hybridized carbons (Fsp3) is 0.667. The molecule has 2 N–H and O–H groups in total. The van der Waals surface area contributed by atoms with Crippen LogP contribution in [0.5, 0.6) is 5.75 Å². The van der Waals surface area contributed by atoms with Crippen molar-refractivity contribution in [1.29, 1.82) is 0 Å². The Balaban J connectivity index is 2.44. The van der Waals surface area contributed by atoms with Gasteiger partial charge < -0.3 is 15.2 Å². The summed E-state index contributed by atoms with van der Waals surface area (Å²) in [4.78, 5) is 0. The summed E-state index contributed by atoms with van der Waals surface area (Å²) < 4.78 is 11.5. The highest BCUT2D eigenvalue weighted by Gasteiger charge is 2.08. The van der Waals surface area contributed by atoms with Gasteiger partial charge in [0.05, 0.1) is 6.61 Å². The molecule has 0 aliphatic heterocycles. The van der Waals surface area contributed by atoms with Gasteiger partial charge in [-0.3, -0.25) is 0 Å². The van der Waals surface area contributed by atoms with Crippen molar-refractivity contribution in [3.05, 3.63) is 28.8 Å². The van der Waals surface area contributed by atoms with E-state index in [1.807, 2.05) is 6.92 Å². The predicted molar refractivity (Wildman–Crippen MR) is 89.0 cm³/mol. The average Bonchev–Trinajstić information content (AvgIpc) is 2.34. The van der Waals surface area contributed by atoms with Crippen LogP contribution in [0.25, 0.3) is 0 Å². The number of hydrogen-bond acceptors (Lipinski definition) is 3. The van der Waals surface area contributed by atoms with Gasteiger partial charge in [0, 0.05) is 12.6 Å². The maximum atomic E-state index is 5.88. The number of nitrogens with two attached hydrogens (primary N) is 1. The molecule has 0 amide bonds. The molecule has 0 saturated carbocycles. The van der Waals surface area contributed by atoms with Crippen LogP contribution >= 0.6 is 0 Å². The molecule has 0 aromatic heterocycles. The highest BCUT2D eigenvalue weighted by molar-refractivity contribution is 5.43. The van der Waals surface area contributed by atoms with Gasteiger partial charge in [0.15, 0.2) is 0 Å². The van der Waals surface area contributed by atoms with E-state index in [0.717, 1.165) is 25.2 Å². The third kappa shape index (κ3) is 6.96. The molecule has 0 aliphatic carbocycles.